The Balaban J connectivity index is 1.03. The average molecular weight is 486 g/mol. The maximum atomic E-state index is 12.9. The average Bonchev–Trinajstić information content (AvgIpc) is 3.29. The molecule has 186 valence electrons. The molecule has 2 saturated carbocycles. The molecule has 2 amide bonds. The molecule has 8 heteroatoms. The van der Waals surface area contributed by atoms with Gasteiger partial charge in [0.15, 0.2) is 0 Å². The van der Waals surface area contributed by atoms with E-state index in [4.69, 9.17) is 0 Å². The minimum atomic E-state index is -4.52. The van der Waals surface area contributed by atoms with Gasteiger partial charge in [-0.2, -0.15) is 13.2 Å². The van der Waals surface area contributed by atoms with E-state index in [1.165, 1.54) is 43.4 Å². The third-order valence-electron chi connectivity index (χ3n) is 7.83. The predicted molar refractivity (Wildman–Crippen MR) is 126 cm³/mol. The molecule has 3 atom stereocenters. The molecule has 1 aliphatic heterocycles. The van der Waals surface area contributed by atoms with E-state index in [9.17, 15) is 22.8 Å². The summed E-state index contributed by atoms with van der Waals surface area (Å²) >= 11 is 0. The first kappa shape index (κ1) is 23.9. The minimum absolute atomic E-state index is 0.108. The Kier molecular flexibility index (Phi) is 6.57. The number of nitrogens with zero attached hydrogens (tertiary/aromatic N) is 1. The van der Waals surface area contributed by atoms with Gasteiger partial charge in [-0.1, -0.05) is 36.4 Å². The number of halogens is 3. The zero-order valence-electron chi connectivity index (χ0n) is 19.4. The summed E-state index contributed by atoms with van der Waals surface area (Å²) in [5, 5.41) is 6.28. The number of benzene rings is 2. The third-order valence-corrected chi connectivity index (χ3v) is 7.83. The van der Waals surface area contributed by atoms with E-state index < -0.39 is 17.6 Å². The zero-order valence-corrected chi connectivity index (χ0v) is 19.4. The van der Waals surface area contributed by atoms with Crippen molar-refractivity contribution < 1.29 is 22.8 Å². The van der Waals surface area contributed by atoms with Crippen LogP contribution >= 0.6 is 0 Å². The number of fused-ring (bicyclic) bond motifs is 1. The largest absolute Gasteiger partial charge is 0.416 e. The van der Waals surface area contributed by atoms with Crippen molar-refractivity contribution in [3.8, 4) is 0 Å². The van der Waals surface area contributed by atoms with Crippen LogP contribution in [0.25, 0.3) is 0 Å². The molecule has 3 fully saturated rings. The monoisotopic (exact) mass is 485 g/mol. The van der Waals surface area contributed by atoms with Gasteiger partial charge in [-0.3, -0.25) is 9.59 Å². The van der Waals surface area contributed by atoms with E-state index in [0.717, 1.165) is 12.1 Å². The van der Waals surface area contributed by atoms with E-state index in [-0.39, 0.29) is 18.0 Å². The lowest BCUT2D eigenvalue weighted by Crippen LogP contribution is -2.43. The highest BCUT2D eigenvalue weighted by molar-refractivity contribution is 5.96. The summed E-state index contributed by atoms with van der Waals surface area (Å²) in [6, 6.07) is 15.9. The van der Waals surface area contributed by atoms with Crippen molar-refractivity contribution >= 4 is 11.8 Å². The molecule has 2 aromatic carbocycles. The zero-order chi connectivity index (χ0) is 24.6. The van der Waals surface area contributed by atoms with E-state index in [1.54, 1.807) is 4.90 Å². The van der Waals surface area contributed by atoms with Crippen LogP contribution in [-0.2, 0) is 11.0 Å². The van der Waals surface area contributed by atoms with Gasteiger partial charge in [0.2, 0.25) is 5.91 Å². The van der Waals surface area contributed by atoms with Crippen molar-refractivity contribution in [2.45, 2.75) is 49.9 Å². The number of piperidine rings is 1. The standard InChI is InChI=1S/C27H30F3N3O2/c28-27(29,30)20-8-4-7-19(13-20)26(35)31-14-24(34)33-15-22-23(16-33)25(22)32-21-11-9-18(10-12-21)17-5-2-1-3-6-17/h1-8,13,18,21-23,25,32H,9-12,14-16H2,(H,31,35)/t18?,21?,22-,23+,25-. The SMILES string of the molecule is O=C(NCC(=O)N1C[C@@H]2[C@H](C1)[C@@H]2NC1CCC(c2ccccc2)CC1)c1cccc(C(F)(F)F)c1. The van der Waals surface area contributed by atoms with E-state index in [0.29, 0.717) is 42.9 Å². The summed E-state index contributed by atoms with van der Waals surface area (Å²) in [6.45, 7) is 1.12. The van der Waals surface area contributed by atoms with Crippen LogP contribution in [0.4, 0.5) is 13.2 Å². The number of hydrogen-bond acceptors (Lipinski definition) is 3. The van der Waals surface area contributed by atoms with Gasteiger partial charge in [0, 0.05) is 30.7 Å². The first-order chi connectivity index (χ1) is 16.8. The number of rotatable bonds is 6. The molecular formula is C27H30F3N3O2. The lowest BCUT2D eigenvalue weighted by Gasteiger charge is -2.30. The van der Waals surface area contributed by atoms with Crippen LogP contribution in [0.5, 0.6) is 0 Å². The molecule has 2 aliphatic carbocycles. The highest BCUT2D eigenvalue weighted by Crippen LogP contribution is 2.46. The lowest BCUT2D eigenvalue weighted by molar-refractivity contribution is -0.137. The molecule has 0 spiro atoms. The number of likely N-dealkylation sites (tertiary alicyclic amines) is 1. The second-order valence-electron chi connectivity index (χ2n) is 10.0. The summed E-state index contributed by atoms with van der Waals surface area (Å²) in [5.41, 5.74) is 0.440. The van der Waals surface area contributed by atoms with E-state index in [2.05, 4.69) is 41.0 Å². The summed E-state index contributed by atoms with van der Waals surface area (Å²) in [5.74, 6) is 0.668. The molecule has 2 N–H and O–H groups in total. The van der Waals surface area contributed by atoms with Crippen LogP contribution in [0.15, 0.2) is 54.6 Å². The van der Waals surface area contributed by atoms with Gasteiger partial charge in [0.1, 0.15) is 0 Å². The van der Waals surface area contributed by atoms with Gasteiger partial charge in [-0.25, -0.2) is 0 Å². The Labute approximate surface area is 203 Å². The Morgan fingerprint density at radius 2 is 1.60 bits per heavy atom. The Hall–Kier alpha value is -2.87. The van der Waals surface area contributed by atoms with Gasteiger partial charge in [0.25, 0.3) is 5.91 Å². The normalized spacial score (nSPS) is 27.9. The second-order valence-corrected chi connectivity index (χ2v) is 10.0. The first-order valence-corrected chi connectivity index (χ1v) is 12.3. The first-order valence-electron chi connectivity index (χ1n) is 12.3. The fraction of sp³-hybridized carbons (Fsp3) is 0.481. The van der Waals surface area contributed by atoms with E-state index >= 15 is 0 Å². The molecule has 5 rings (SSSR count). The van der Waals surface area contributed by atoms with Crippen LogP contribution in [0.1, 0.15) is 53.1 Å². The van der Waals surface area contributed by atoms with Crippen molar-refractivity contribution in [3.05, 3.63) is 71.3 Å². The van der Waals surface area contributed by atoms with Gasteiger partial charge >= 0.3 is 6.18 Å². The molecule has 5 nitrogen and oxygen atoms in total. The molecule has 0 aromatic heterocycles. The fourth-order valence-electron chi connectivity index (χ4n) is 5.77. The van der Waals surface area contributed by atoms with Crippen LogP contribution in [-0.4, -0.2) is 48.4 Å². The summed E-state index contributed by atoms with van der Waals surface area (Å²) in [4.78, 5) is 26.6. The summed E-state index contributed by atoms with van der Waals surface area (Å²) in [6.07, 6.45) is 0.202. The summed E-state index contributed by atoms with van der Waals surface area (Å²) in [7, 11) is 0. The molecule has 3 aliphatic rings. The molecule has 1 saturated heterocycles. The molecular weight excluding hydrogens is 455 g/mol. The predicted octanol–water partition coefficient (Wildman–Crippen LogP) is 4.21. The number of carbonyl (C=O) groups excluding carboxylic acids is 2. The summed E-state index contributed by atoms with van der Waals surface area (Å²) < 4.78 is 38.6. The lowest BCUT2D eigenvalue weighted by atomic mass is 9.82. The molecule has 2 aromatic rings. The van der Waals surface area contributed by atoms with Gasteiger partial charge in [-0.05, 0) is 67.2 Å². The smallest absolute Gasteiger partial charge is 0.343 e. The minimum Gasteiger partial charge on any atom is -0.343 e. The highest BCUT2D eigenvalue weighted by atomic mass is 19.4. The third kappa shape index (κ3) is 5.37. The molecule has 0 bridgehead atoms. The van der Waals surface area contributed by atoms with Crippen molar-refractivity contribution in [3.63, 3.8) is 0 Å². The Bertz CT molecular complexity index is 1050. The number of nitrogens with one attached hydrogen (secondary N) is 2. The van der Waals surface area contributed by atoms with Crippen molar-refractivity contribution in [1.82, 2.24) is 15.5 Å². The number of carbonyl (C=O) groups is 2. The van der Waals surface area contributed by atoms with E-state index in [1.807, 2.05) is 0 Å². The van der Waals surface area contributed by atoms with Crippen molar-refractivity contribution in [2.24, 2.45) is 11.8 Å². The van der Waals surface area contributed by atoms with Gasteiger partial charge in [-0.15, -0.1) is 0 Å². The molecule has 1 heterocycles. The van der Waals surface area contributed by atoms with Crippen LogP contribution < -0.4 is 10.6 Å². The van der Waals surface area contributed by atoms with Crippen molar-refractivity contribution in [1.29, 1.82) is 0 Å². The number of alkyl halides is 3. The fourth-order valence-corrected chi connectivity index (χ4v) is 5.77. The van der Waals surface area contributed by atoms with Gasteiger partial charge < -0.3 is 15.5 Å². The molecule has 0 radical (unpaired) electrons. The Morgan fingerprint density at radius 3 is 2.26 bits per heavy atom. The number of amides is 2. The van der Waals surface area contributed by atoms with Gasteiger partial charge in [0.05, 0.1) is 12.1 Å². The highest BCUT2D eigenvalue weighted by Gasteiger charge is 2.57. The Morgan fingerprint density at radius 1 is 0.914 bits per heavy atom. The quantitative estimate of drug-likeness (QED) is 0.645. The van der Waals surface area contributed by atoms with Crippen LogP contribution in [0, 0.1) is 11.8 Å². The second kappa shape index (κ2) is 9.64. The van der Waals surface area contributed by atoms with Crippen molar-refractivity contribution in [2.75, 3.05) is 19.6 Å². The molecule has 0 unspecified atom stereocenters. The number of hydrogen-bond donors (Lipinski definition) is 2. The van der Waals surface area contributed by atoms with Crippen LogP contribution in [0.3, 0.4) is 0 Å². The topological polar surface area (TPSA) is 61.4 Å². The maximum Gasteiger partial charge on any atom is 0.416 e. The maximum absolute atomic E-state index is 12.9. The molecule has 35 heavy (non-hydrogen) atoms. The van der Waals surface area contributed by atoms with Crippen LogP contribution in [0.2, 0.25) is 0 Å².